The number of thiophene rings is 1. The Bertz CT molecular complexity index is 562. The fourth-order valence-electron chi connectivity index (χ4n) is 1.92. The van der Waals surface area contributed by atoms with Gasteiger partial charge in [-0.3, -0.25) is 0 Å². The lowest BCUT2D eigenvalue weighted by Crippen LogP contribution is -2.30. The number of sulfonamides is 1. The van der Waals surface area contributed by atoms with Crippen molar-refractivity contribution in [1.29, 1.82) is 0 Å². The van der Waals surface area contributed by atoms with Crippen molar-refractivity contribution in [3.05, 3.63) is 17.0 Å². The lowest BCUT2D eigenvalue weighted by molar-refractivity contribution is 0.133. The smallest absolute Gasteiger partial charge is 0.407 e. The normalized spacial score (nSPS) is 17.4. The topological polar surface area (TPSA) is 101 Å². The summed E-state index contributed by atoms with van der Waals surface area (Å²) in [4.78, 5) is 13.0. The molecule has 100 valence electrons. The van der Waals surface area contributed by atoms with Gasteiger partial charge in [0, 0.05) is 11.9 Å². The molecule has 1 aromatic heterocycles. The van der Waals surface area contributed by atoms with Crippen LogP contribution in [0.15, 0.2) is 16.3 Å². The Morgan fingerprint density at radius 3 is 2.56 bits per heavy atom. The van der Waals surface area contributed by atoms with Crippen LogP contribution < -0.4 is 5.14 Å². The summed E-state index contributed by atoms with van der Waals surface area (Å²) < 4.78 is 22.5. The predicted octanol–water partition coefficient (Wildman–Crippen LogP) is 1.46. The molecule has 1 aromatic rings. The lowest BCUT2D eigenvalue weighted by Gasteiger charge is -2.24. The second-order valence-corrected chi connectivity index (χ2v) is 7.28. The fourth-order valence-corrected chi connectivity index (χ4v) is 3.90. The summed E-state index contributed by atoms with van der Waals surface area (Å²) in [6.07, 6.45) is 0.910. The molecule has 1 aliphatic rings. The van der Waals surface area contributed by atoms with Crippen molar-refractivity contribution in [1.82, 2.24) is 4.90 Å². The summed E-state index contributed by atoms with van der Waals surface area (Å²) >= 11 is 1.04. The molecule has 0 saturated heterocycles. The first-order valence-electron chi connectivity index (χ1n) is 5.39. The van der Waals surface area contributed by atoms with Gasteiger partial charge in [0.2, 0.25) is 10.0 Å². The highest BCUT2D eigenvalue weighted by molar-refractivity contribution is 7.91. The standard InChI is InChI=1S/C10H14N2O4S2/c1-12(10(13)14)9(6-2-3-6)7-4-5-8(17-7)18(11,15)16/h4-6,9H,2-3H2,1H3,(H,13,14)(H2,11,15,16)/t9-/m1/s1. The predicted molar refractivity (Wildman–Crippen MR) is 66.9 cm³/mol. The van der Waals surface area contributed by atoms with Gasteiger partial charge in [-0.2, -0.15) is 0 Å². The molecule has 0 aliphatic heterocycles. The number of hydrogen-bond donors (Lipinski definition) is 2. The number of primary sulfonamides is 1. The molecule has 0 aromatic carbocycles. The molecular weight excluding hydrogens is 276 g/mol. The minimum absolute atomic E-state index is 0.0712. The van der Waals surface area contributed by atoms with E-state index in [4.69, 9.17) is 10.2 Å². The molecule has 2 rings (SSSR count). The van der Waals surface area contributed by atoms with Crippen LogP contribution in [0.25, 0.3) is 0 Å². The third-order valence-corrected chi connectivity index (χ3v) is 5.56. The number of carbonyl (C=O) groups is 1. The first-order chi connectivity index (χ1) is 8.30. The van der Waals surface area contributed by atoms with Crippen LogP contribution >= 0.6 is 11.3 Å². The summed E-state index contributed by atoms with van der Waals surface area (Å²) in [6.45, 7) is 0. The minimum Gasteiger partial charge on any atom is -0.465 e. The van der Waals surface area contributed by atoms with Gasteiger partial charge >= 0.3 is 6.09 Å². The van der Waals surface area contributed by atoms with Gasteiger partial charge in [0.25, 0.3) is 0 Å². The SMILES string of the molecule is CN(C(=O)O)[C@@H](c1ccc(S(N)(=O)=O)s1)C1CC1. The maximum absolute atomic E-state index is 11.2. The van der Waals surface area contributed by atoms with Crippen molar-refractivity contribution in [2.45, 2.75) is 23.1 Å². The van der Waals surface area contributed by atoms with Crippen molar-refractivity contribution < 1.29 is 18.3 Å². The van der Waals surface area contributed by atoms with Crippen LogP contribution in [0.1, 0.15) is 23.8 Å². The molecule has 0 bridgehead atoms. The van der Waals surface area contributed by atoms with Crippen molar-refractivity contribution in [3.63, 3.8) is 0 Å². The minimum atomic E-state index is -3.71. The highest BCUT2D eigenvalue weighted by atomic mass is 32.2. The Morgan fingerprint density at radius 2 is 2.17 bits per heavy atom. The highest BCUT2D eigenvalue weighted by Gasteiger charge is 2.38. The zero-order chi connectivity index (χ0) is 13.5. The number of rotatable bonds is 4. The van der Waals surface area contributed by atoms with Crippen LogP contribution in [-0.2, 0) is 10.0 Å². The Balaban J connectivity index is 2.32. The molecule has 0 spiro atoms. The van der Waals surface area contributed by atoms with E-state index in [0.717, 1.165) is 29.1 Å². The third-order valence-electron chi connectivity index (χ3n) is 2.96. The molecule has 6 nitrogen and oxygen atoms in total. The number of carboxylic acid groups (broad SMARTS) is 1. The molecule has 1 saturated carbocycles. The fraction of sp³-hybridized carbons (Fsp3) is 0.500. The maximum atomic E-state index is 11.2. The molecule has 1 atom stereocenters. The monoisotopic (exact) mass is 290 g/mol. The Labute approximate surface area is 109 Å². The number of amides is 1. The molecule has 0 unspecified atom stereocenters. The van der Waals surface area contributed by atoms with E-state index < -0.39 is 16.1 Å². The van der Waals surface area contributed by atoms with Gasteiger partial charge in [-0.1, -0.05) is 0 Å². The second kappa shape index (κ2) is 4.52. The van der Waals surface area contributed by atoms with Gasteiger partial charge in [0.15, 0.2) is 0 Å². The Hall–Kier alpha value is -1.12. The van der Waals surface area contributed by atoms with Crippen LogP contribution in [0.2, 0.25) is 0 Å². The van der Waals surface area contributed by atoms with E-state index in [9.17, 15) is 13.2 Å². The summed E-state index contributed by atoms with van der Waals surface area (Å²) in [6, 6.07) is 2.80. The van der Waals surface area contributed by atoms with Gasteiger partial charge in [-0.15, -0.1) is 11.3 Å². The van der Waals surface area contributed by atoms with E-state index in [1.807, 2.05) is 0 Å². The van der Waals surface area contributed by atoms with Crippen LogP contribution in [-0.4, -0.2) is 31.6 Å². The molecule has 8 heteroatoms. The molecule has 1 heterocycles. The van der Waals surface area contributed by atoms with Gasteiger partial charge < -0.3 is 10.0 Å². The van der Waals surface area contributed by atoms with Crippen molar-refractivity contribution >= 4 is 27.5 Å². The second-order valence-electron chi connectivity index (χ2n) is 4.38. The van der Waals surface area contributed by atoms with Crippen LogP contribution in [0, 0.1) is 5.92 Å². The summed E-state index contributed by atoms with van der Waals surface area (Å²) in [5, 5.41) is 14.1. The van der Waals surface area contributed by atoms with E-state index in [1.54, 1.807) is 6.07 Å². The first-order valence-corrected chi connectivity index (χ1v) is 7.75. The van der Waals surface area contributed by atoms with E-state index in [2.05, 4.69) is 0 Å². The largest absolute Gasteiger partial charge is 0.465 e. The zero-order valence-corrected chi connectivity index (χ0v) is 11.4. The molecule has 1 aliphatic carbocycles. The number of nitrogens with two attached hydrogens (primary N) is 1. The van der Waals surface area contributed by atoms with E-state index in [1.165, 1.54) is 18.0 Å². The average molecular weight is 290 g/mol. The van der Waals surface area contributed by atoms with E-state index in [-0.39, 0.29) is 16.2 Å². The quantitative estimate of drug-likeness (QED) is 0.876. The molecule has 1 fully saturated rings. The van der Waals surface area contributed by atoms with Crippen molar-refractivity contribution in [3.8, 4) is 0 Å². The Kier molecular flexibility index (Phi) is 3.35. The molecule has 0 radical (unpaired) electrons. The first kappa shape index (κ1) is 13.3. The van der Waals surface area contributed by atoms with E-state index >= 15 is 0 Å². The third kappa shape index (κ3) is 2.65. The maximum Gasteiger partial charge on any atom is 0.407 e. The zero-order valence-electron chi connectivity index (χ0n) is 9.74. The van der Waals surface area contributed by atoms with Gasteiger partial charge in [-0.05, 0) is 30.9 Å². The van der Waals surface area contributed by atoms with Gasteiger partial charge in [-0.25, -0.2) is 18.4 Å². The van der Waals surface area contributed by atoms with Crippen LogP contribution in [0.3, 0.4) is 0 Å². The van der Waals surface area contributed by atoms with Crippen LogP contribution in [0.4, 0.5) is 4.79 Å². The van der Waals surface area contributed by atoms with Gasteiger partial charge in [0.1, 0.15) is 4.21 Å². The number of nitrogens with zero attached hydrogens (tertiary/aromatic N) is 1. The summed E-state index contributed by atoms with van der Waals surface area (Å²) in [5.41, 5.74) is 0. The van der Waals surface area contributed by atoms with E-state index in [0.29, 0.717) is 0 Å². The summed E-state index contributed by atoms with van der Waals surface area (Å²) in [7, 11) is -2.21. The molecule has 1 amide bonds. The average Bonchev–Trinajstić information content (AvgIpc) is 2.93. The Morgan fingerprint density at radius 1 is 1.56 bits per heavy atom. The molecule has 18 heavy (non-hydrogen) atoms. The number of hydrogen-bond acceptors (Lipinski definition) is 4. The van der Waals surface area contributed by atoms with Crippen molar-refractivity contribution in [2.75, 3.05) is 7.05 Å². The molecular formula is C10H14N2O4S2. The molecule has 3 N–H and O–H groups in total. The van der Waals surface area contributed by atoms with Gasteiger partial charge in [0.05, 0.1) is 6.04 Å². The summed E-state index contributed by atoms with van der Waals surface area (Å²) in [5.74, 6) is 0.276. The van der Waals surface area contributed by atoms with Crippen molar-refractivity contribution in [2.24, 2.45) is 11.1 Å². The lowest BCUT2D eigenvalue weighted by atomic mass is 10.1. The highest BCUT2D eigenvalue weighted by Crippen LogP contribution is 2.46. The van der Waals surface area contributed by atoms with Crippen LogP contribution in [0.5, 0.6) is 0 Å².